The maximum Gasteiger partial charge on any atom is 0.270 e. The van der Waals surface area contributed by atoms with Crippen LogP contribution >= 0.6 is 0 Å². The molecule has 0 atom stereocenters. The number of ether oxygens (including phenoxy) is 1. The minimum atomic E-state index is -0.315. The molecular weight excluding hydrogens is 342 g/mol. The Bertz CT molecular complexity index is 980. The van der Waals surface area contributed by atoms with Crippen LogP contribution in [0.4, 0.5) is 11.5 Å². The second kappa shape index (κ2) is 8.45. The molecule has 134 valence electrons. The summed E-state index contributed by atoms with van der Waals surface area (Å²) >= 11 is 0. The number of hydrogen-bond donors (Lipinski definition) is 2. The summed E-state index contributed by atoms with van der Waals surface area (Å²) < 4.78 is 5.11. The van der Waals surface area contributed by atoms with Gasteiger partial charge in [-0.3, -0.25) is 4.79 Å². The van der Waals surface area contributed by atoms with Crippen molar-refractivity contribution >= 4 is 17.4 Å². The molecule has 0 bridgehead atoms. The van der Waals surface area contributed by atoms with Crippen LogP contribution in [-0.4, -0.2) is 23.0 Å². The Labute approximate surface area is 156 Å². The first kappa shape index (κ1) is 17.9. The van der Waals surface area contributed by atoms with Gasteiger partial charge in [-0.2, -0.15) is 5.26 Å². The Morgan fingerprint density at radius 3 is 2.67 bits per heavy atom. The lowest BCUT2D eigenvalue weighted by atomic mass is 10.2. The van der Waals surface area contributed by atoms with E-state index in [1.54, 1.807) is 25.3 Å². The molecule has 1 aromatic heterocycles. The van der Waals surface area contributed by atoms with Gasteiger partial charge in [-0.1, -0.05) is 24.3 Å². The van der Waals surface area contributed by atoms with Crippen molar-refractivity contribution in [2.45, 2.75) is 6.54 Å². The van der Waals surface area contributed by atoms with Crippen molar-refractivity contribution < 1.29 is 9.53 Å². The van der Waals surface area contributed by atoms with E-state index in [-0.39, 0.29) is 11.6 Å². The highest BCUT2D eigenvalue weighted by Gasteiger charge is 2.10. The van der Waals surface area contributed by atoms with Gasteiger partial charge in [-0.15, -0.1) is 0 Å². The molecule has 0 fully saturated rings. The van der Waals surface area contributed by atoms with Gasteiger partial charge in [0.1, 0.15) is 29.7 Å². The summed E-state index contributed by atoms with van der Waals surface area (Å²) in [4.78, 5) is 20.5. The zero-order chi connectivity index (χ0) is 19.1. The maximum atomic E-state index is 12.4. The SMILES string of the molecule is COc1ccc(CNC(=O)c2cc(Nc3ccccc3C#N)ncn2)cc1. The number of nitrogens with one attached hydrogen (secondary N) is 2. The Morgan fingerprint density at radius 1 is 1.15 bits per heavy atom. The summed E-state index contributed by atoms with van der Waals surface area (Å²) in [6, 6.07) is 18.1. The number of anilines is 2. The van der Waals surface area contributed by atoms with Crippen molar-refractivity contribution in [1.29, 1.82) is 5.26 Å². The summed E-state index contributed by atoms with van der Waals surface area (Å²) in [6.07, 6.45) is 1.31. The van der Waals surface area contributed by atoms with Gasteiger partial charge in [0.25, 0.3) is 5.91 Å². The number of rotatable bonds is 6. The van der Waals surface area contributed by atoms with Crippen LogP contribution in [0.15, 0.2) is 60.9 Å². The molecule has 2 N–H and O–H groups in total. The number of aromatic nitrogens is 2. The molecule has 7 heteroatoms. The van der Waals surface area contributed by atoms with Crippen molar-refractivity contribution in [3.8, 4) is 11.8 Å². The van der Waals surface area contributed by atoms with Gasteiger partial charge in [-0.25, -0.2) is 9.97 Å². The van der Waals surface area contributed by atoms with Crippen LogP contribution < -0.4 is 15.4 Å². The fourth-order valence-electron chi connectivity index (χ4n) is 2.39. The van der Waals surface area contributed by atoms with E-state index in [1.165, 1.54) is 12.4 Å². The fourth-order valence-corrected chi connectivity index (χ4v) is 2.39. The number of nitriles is 1. The molecular formula is C20H17N5O2. The number of para-hydroxylation sites is 1. The van der Waals surface area contributed by atoms with Gasteiger partial charge >= 0.3 is 0 Å². The van der Waals surface area contributed by atoms with Crippen molar-refractivity contribution in [1.82, 2.24) is 15.3 Å². The molecule has 3 rings (SSSR count). The quantitative estimate of drug-likeness (QED) is 0.702. The predicted octanol–water partition coefficient (Wildman–Crippen LogP) is 3.03. The molecule has 0 saturated heterocycles. The Morgan fingerprint density at radius 2 is 1.93 bits per heavy atom. The van der Waals surface area contributed by atoms with Crippen LogP contribution in [0.25, 0.3) is 0 Å². The average molecular weight is 359 g/mol. The first-order chi connectivity index (χ1) is 13.2. The van der Waals surface area contributed by atoms with Crippen LogP contribution in [0.3, 0.4) is 0 Å². The zero-order valence-corrected chi connectivity index (χ0v) is 14.6. The zero-order valence-electron chi connectivity index (χ0n) is 14.6. The van der Waals surface area contributed by atoms with Gasteiger partial charge in [0.05, 0.1) is 18.4 Å². The lowest BCUT2D eigenvalue weighted by Crippen LogP contribution is -2.24. The fraction of sp³-hybridized carbons (Fsp3) is 0.100. The number of amides is 1. The summed E-state index contributed by atoms with van der Waals surface area (Å²) in [5.41, 5.74) is 2.28. The van der Waals surface area contributed by atoms with Crippen molar-refractivity contribution in [2.75, 3.05) is 12.4 Å². The van der Waals surface area contributed by atoms with Gasteiger partial charge < -0.3 is 15.4 Å². The highest BCUT2D eigenvalue weighted by molar-refractivity contribution is 5.93. The molecule has 1 amide bonds. The van der Waals surface area contributed by atoms with E-state index in [2.05, 4.69) is 26.7 Å². The number of carbonyl (C=O) groups is 1. The monoisotopic (exact) mass is 359 g/mol. The number of carbonyl (C=O) groups excluding carboxylic acids is 1. The van der Waals surface area contributed by atoms with E-state index in [4.69, 9.17) is 10.00 Å². The minimum absolute atomic E-state index is 0.232. The minimum Gasteiger partial charge on any atom is -0.497 e. The summed E-state index contributed by atoms with van der Waals surface area (Å²) in [5, 5.41) is 15.0. The molecule has 1 heterocycles. The topological polar surface area (TPSA) is 99.9 Å². The van der Waals surface area contributed by atoms with Gasteiger partial charge in [0.2, 0.25) is 0 Å². The first-order valence-corrected chi connectivity index (χ1v) is 8.19. The third kappa shape index (κ3) is 4.58. The summed E-state index contributed by atoms with van der Waals surface area (Å²) in [5.74, 6) is 0.876. The summed E-state index contributed by atoms with van der Waals surface area (Å²) in [7, 11) is 1.60. The average Bonchev–Trinajstić information content (AvgIpc) is 2.73. The van der Waals surface area contributed by atoms with E-state index in [0.29, 0.717) is 23.6 Å². The van der Waals surface area contributed by atoms with Crippen molar-refractivity contribution in [3.63, 3.8) is 0 Å². The molecule has 0 saturated carbocycles. The van der Waals surface area contributed by atoms with Crippen LogP contribution in [-0.2, 0) is 6.54 Å². The van der Waals surface area contributed by atoms with Gasteiger partial charge in [0, 0.05) is 12.6 Å². The molecule has 3 aromatic rings. The number of methoxy groups -OCH3 is 1. The first-order valence-electron chi connectivity index (χ1n) is 8.19. The number of hydrogen-bond acceptors (Lipinski definition) is 6. The van der Waals surface area contributed by atoms with E-state index in [0.717, 1.165) is 11.3 Å². The molecule has 0 spiro atoms. The van der Waals surface area contributed by atoms with Crippen LogP contribution in [0.2, 0.25) is 0 Å². The molecule has 0 aliphatic carbocycles. The third-order valence-corrected chi connectivity index (χ3v) is 3.82. The van der Waals surface area contributed by atoms with E-state index >= 15 is 0 Å². The predicted molar refractivity (Wildman–Crippen MR) is 101 cm³/mol. The smallest absolute Gasteiger partial charge is 0.270 e. The van der Waals surface area contributed by atoms with Crippen LogP contribution in [0, 0.1) is 11.3 Å². The molecule has 0 aliphatic rings. The molecule has 2 aromatic carbocycles. The lowest BCUT2D eigenvalue weighted by Gasteiger charge is -2.09. The molecule has 27 heavy (non-hydrogen) atoms. The van der Waals surface area contributed by atoms with Gasteiger partial charge in [-0.05, 0) is 29.8 Å². The largest absolute Gasteiger partial charge is 0.497 e. The second-order valence-electron chi connectivity index (χ2n) is 5.60. The number of benzene rings is 2. The summed E-state index contributed by atoms with van der Waals surface area (Å²) in [6.45, 7) is 0.368. The Balaban J connectivity index is 1.67. The lowest BCUT2D eigenvalue weighted by molar-refractivity contribution is 0.0946. The normalized spacial score (nSPS) is 9.93. The van der Waals surface area contributed by atoms with E-state index < -0.39 is 0 Å². The van der Waals surface area contributed by atoms with Crippen LogP contribution in [0.5, 0.6) is 5.75 Å². The molecule has 0 unspecified atom stereocenters. The Kier molecular flexibility index (Phi) is 5.60. The molecule has 7 nitrogen and oxygen atoms in total. The number of nitrogens with zero attached hydrogens (tertiary/aromatic N) is 3. The standard InChI is InChI=1S/C20H17N5O2/c1-27-16-8-6-14(7-9-16)12-22-20(26)18-10-19(24-13-23-18)25-17-5-3-2-4-15(17)11-21/h2-10,13H,12H2,1H3,(H,22,26)(H,23,24,25). The Hall–Kier alpha value is -3.92. The van der Waals surface area contributed by atoms with Crippen molar-refractivity contribution in [3.05, 3.63) is 77.7 Å². The highest BCUT2D eigenvalue weighted by atomic mass is 16.5. The van der Waals surface area contributed by atoms with E-state index in [1.807, 2.05) is 30.3 Å². The maximum absolute atomic E-state index is 12.4. The van der Waals surface area contributed by atoms with E-state index in [9.17, 15) is 4.79 Å². The second-order valence-corrected chi connectivity index (χ2v) is 5.60. The highest BCUT2D eigenvalue weighted by Crippen LogP contribution is 2.18. The van der Waals surface area contributed by atoms with Gasteiger partial charge in [0.15, 0.2) is 0 Å². The third-order valence-electron chi connectivity index (χ3n) is 3.82. The van der Waals surface area contributed by atoms with Crippen LogP contribution in [0.1, 0.15) is 21.6 Å². The molecule has 0 aliphatic heterocycles. The molecule has 0 radical (unpaired) electrons. The van der Waals surface area contributed by atoms with Crippen molar-refractivity contribution in [2.24, 2.45) is 0 Å².